The van der Waals surface area contributed by atoms with Crippen LogP contribution in [0.25, 0.3) is 0 Å². The molecule has 0 saturated heterocycles. The van der Waals surface area contributed by atoms with E-state index in [9.17, 15) is 18.3 Å². The van der Waals surface area contributed by atoms with Gasteiger partial charge in [-0.15, -0.1) is 0 Å². The molecule has 114 valence electrons. The van der Waals surface area contributed by atoms with Gasteiger partial charge in [0, 0.05) is 12.1 Å². The van der Waals surface area contributed by atoms with E-state index in [0.717, 1.165) is 6.07 Å². The summed E-state index contributed by atoms with van der Waals surface area (Å²) >= 11 is 5.70. The van der Waals surface area contributed by atoms with Gasteiger partial charge in [-0.1, -0.05) is 11.6 Å². The van der Waals surface area contributed by atoms with Crippen LogP contribution in [0.15, 0.2) is 12.1 Å². The quantitative estimate of drug-likeness (QED) is 0.750. The van der Waals surface area contributed by atoms with Crippen molar-refractivity contribution < 1.29 is 18.3 Å². The van der Waals surface area contributed by atoms with E-state index >= 15 is 0 Å². The highest BCUT2D eigenvalue weighted by atomic mass is 35.5. The highest BCUT2D eigenvalue weighted by molar-refractivity contribution is 6.33. The summed E-state index contributed by atoms with van der Waals surface area (Å²) in [5.74, 6) is 0. The van der Waals surface area contributed by atoms with Gasteiger partial charge in [0.05, 0.1) is 22.4 Å². The van der Waals surface area contributed by atoms with Gasteiger partial charge in [0.15, 0.2) is 0 Å². The van der Waals surface area contributed by atoms with Gasteiger partial charge < -0.3 is 16.2 Å². The molecule has 0 fully saturated rings. The number of β-amino-alcohol motifs (C(OH)–C–C–N with tert-alkyl or cyclic N) is 1. The molecule has 0 amide bonds. The number of hydrogen-bond acceptors (Lipinski definition) is 3. The van der Waals surface area contributed by atoms with Gasteiger partial charge in [-0.25, -0.2) is 0 Å². The largest absolute Gasteiger partial charge is 0.418 e. The maximum absolute atomic E-state index is 12.8. The van der Waals surface area contributed by atoms with Crippen molar-refractivity contribution in [3.05, 3.63) is 28.3 Å². The summed E-state index contributed by atoms with van der Waals surface area (Å²) in [7, 11) is 0. The summed E-state index contributed by atoms with van der Waals surface area (Å²) < 4.78 is 38.4. The SMILES string of the molecule is CC(C)(C)NC[C@H](O)c1cc(Cl)c(N)c(C(F)(F)F)c1. The van der Waals surface area contributed by atoms with Crippen molar-refractivity contribution in [2.24, 2.45) is 0 Å². The number of rotatable bonds is 3. The molecule has 0 bridgehead atoms. The van der Waals surface area contributed by atoms with Gasteiger partial charge in [-0.05, 0) is 38.5 Å². The van der Waals surface area contributed by atoms with Crippen molar-refractivity contribution in [2.45, 2.75) is 38.6 Å². The summed E-state index contributed by atoms with van der Waals surface area (Å²) in [6.07, 6.45) is -5.71. The maximum atomic E-state index is 12.8. The Labute approximate surface area is 120 Å². The zero-order valence-corrected chi connectivity index (χ0v) is 12.2. The molecule has 0 aliphatic rings. The second-order valence-electron chi connectivity index (χ2n) is 5.61. The van der Waals surface area contributed by atoms with Gasteiger partial charge >= 0.3 is 6.18 Å². The normalized spacial score (nSPS) is 14.4. The topological polar surface area (TPSA) is 58.3 Å². The van der Waals surface area contributed by atoms with E-state index < -0.39 is 23.5 Å². The first kappa shape index (κ1) is 17.1. The van der Waals surface area contributed by atoms with Crippen LogP contribution in [-0.2, 0) is 6.18 Å². The molecule has 0 saturated carbocycles. The zero-order chi connectivity index (χ0) is 15.7. The van der Waals surface area contributed by atoms with Crippen molar-refractivity contribution in [1.29, 1.82) is 0 Å². The zero-order valence-electron chi connectivity index (χ0n) is 11.5. The van der Waals surface area contributed by atoms with Crippen LogP contribution in [0.1, 0.15) is 38.0 Å². The van der Waals surface area contributed by atoms with Crippen LogP contribution >= 0.6 is 11.6 Å². The first-order valence-electron chi connectivity index (χ1n) is 6.01. The molecule has 0 radical (unpaired) electrons. The third-order valence-corrected chi connectivity index (χ3v) is 2.98. The van der Waals surface area contributed by atoms with E-state index in [0.29, 0.717) is 0 Å². The fourth-order valence-electron chi connectivity index (χ4n) is 1.59. The van der Waals surface area contributed by atoms with Crippen molar-refractivity contribution in [2.75, 3.05) is 12.3 Å². The van der Waals surface area contributed by atoms with Gasteiger partial charge in [0.1, 0.15) is 0 Å². The number of anilines is 1. The number of nitrogens with one attached hydrogen (secondary N) is 1. The molecule has 0 aliphatic carbocycles. The van der Waals surface area contributed by atoms with Gasteiger partial charge in [0.25, 0.3) is 0 Å². The lowest BCUT2D eigenvalue weighted by atomic mass is 10.0. The highest BCUT2D eigenvalue weighted by Gasteiger charge is 2.34. The van der Waals surface area contributed by atoms with Crippen molar-refractivity contribution in [1.82, 2.24) is 5.32 Å². The number of alkyl halides is 3. The molecule has 0 aromatic heterocycles. The van der Waals surface area contributed by atoms with Crippen LogP contribution < -0.4 is 11.1 Å². The average molecular weight is 311 g/mol. The third-order valence-electron chi connectivity index (χ3n) is 2.67. The van der Waals surface area contributed by atoms with Crippen LogP contribution in [0.5, 0.6) is 0 Å². The van der Waals surface area contributed by atoms with Gasteiger partial charge in [0.2, 0.25) is 0 Å². The Morgan fingerprint density at radius 2 is 1.85 bits per heavy atom. The highest BCUT2D eigenvalue weighted by Crippen LogP contribution is 2.38. The monoisotopic (exact) mass is 310 g/mol. The summed E-state index contributed by atoms with van der Waals surface area (Å²) in [4.78, 5) is 0. The summed E-state index contributed by atoms with van der Waals surface area (Å²) in [6.45, 7) is 5.77. The Bertz CT molecular complexity index is 484. The fourth-order valence-corrected chi connectivity index (χ4v) is 1.81. The van der Waals surface area contributed by atoms with Crippen LogP contribution in [0.3, 0.4) is 0 Å². The second-order valence-corrected chi connectivity index (χ2v) is 6.02. The lowest BCUT2D eigenvalue weighted by Gasteiger charge is -2.23. The molecule has 7 heteroatoms. The van der Waals surface area contributed by atoms with E-state index in [1.54, 1.807) is 0 Å². The van der Waals surface area contributed by atoms with E-state index in [1.807, 2.05) is 20.8 Å². The molecule has 4 N–H and O–H groups in total. The molecule has 1 atom stereocenters. The Kier molecular flexibility index (Phi) is 4.94. The minimum Gasteiger partial charge on any atom is -0.397 e. The van der Waals surface area contributed by atoms with Crippen LogP contribution in [0.4, 0.5) is 18.9 Å². The Morgan fingerprint density at radius 1 is 1.30 bits per heavy atom. The Balaban J connectivity index is 3.05. The van der Waals surface area contributed by atoms with Crippen molar-refractivity contribution in [3.63, 3.8) is 0 Å². The third kappa shape index (κ3) is 4.54. The number of aliphatic hydroxyl groups is 1. The number of benzene rings is 1. The van der Waals surface area contributed by atoms with Gasteiger partial charge in [-0.3, -0.25) is 0 Å². The number of nitrogens with two attached hydrogens (primary N) is 1. The smallest absolute Gasteiger partial charge is 0.397 e. The molecule has 3 nitrogen and oxygen atoms in total. The molecule has 1 aromatic carbocycles. The number of aliphatic hydroxyl groups excluding tert-OH is 1. The molecule has 0 aliphatic heterocycles. The van der Waals surface area contributed by atoms with E-state index in [1.165, 1.54) is 6.07 Å². The molecular formula is C13H18ClF3N2O. The number of nitrogen functional groups attached to an aromatic ring is 1. The summed E-state index contributed by atoms with van der Waals surface area (Å²) in [6, 6.07) is 2.08. The average Bonchev–Trinajstić information content (AvgIpc) is 2.26. The summed E-state index contributed by atoms with van der Waals surface area (Å²) in [5.41, 5.74) is 3.59. The fraction of sp³-hybridized carbons (Fsp3) is 0.538. The molecule has 1 aromatic rings. The standard InChI is InChI=1S/C13H18ClF3N2O/c1-12(2,3)19-6-10(20)7-4-8(13(15,16)17)11(18)9(14)5-7/h4-5,10,19-20H,6,18H2,1-3H3/t10-/m0/s1. The molecule has 20 heavy (non-hydrogen) atoms. The minimum absolute atomic E-state index is 0.0771. The van der Waals surface area contributed by atoms with Crippen LogP contribution in [0.2, 0.25) is 5.02 Å². The van der Waals surface area contributed by atoms with Crippen molar-refractivity contribution >= 4 is 17.3 Å². The summed E-state index contributed by atoms with van der Waals surface area (Å²) in [5, 5.41) is 12.7. The first-order valence-corrected chi connectivity index (χ1v) is 6.39. The predicted octanol–water partition coefficient (Wildman–Crippen LogP) is 3.36. The van der Waals surface area contributed by atoms with Crippen LogP contribution in [0, 0.1) is 0 Å². The molecular weight excluding hydrogens is 293 g/mol. The molecule has 0 unspecified atom stereocenters. The lowest BCUT2D eigenvalue weighted by molar-refractivity contribution is -0.137. The molecule has 1 rings (SSSR count). The second kappa shape index (κ2) is 5.79. The first-order chi connectivity index (χ1) is 8.92. The van der Waals surface area contributed by atoms with Crippen molar-refractivity contribution in [3.8, 4) is 0 Å². The molecule has 0 spiro atoms. The predicted molar refractivity (Wildman–Crippen MR) is 73.6 cm³/mol. The van der Waals surface area contributed by atoms with E-state index in [-0.39, 0.29) is 22.7 Å². The number of halogens is 4. The van der Waals surface area contributed by atoms with Crippen LogP contribution in [-0.4, -0.2) is 17.2 Å². The lowest BCUT2D eigenvalue weighted by Crippen LogP contribution is -2.38. The maximum Gasteiger partial charge on any atom is 0.418 e. The van der Waals surface area contributed by atoms with E-state index in [4.69, 9.17) is 17.3 Å². The van der Waals surface area contributed by atoms with E-state index in [2.05, 4.69) is 5.32 Å². The van der Waals surface area contributed by atoms with Gasteiger partial charge in [-0.2, -0.15) is 13.2 Å². The number of hydrogen-bond donors (Lipinski definition) is 3. The Morgan fingerprint density at radius 3 is 2.30 bits per heavy atom. The Hall–Kier alpha value is -0.980. The minimum atomic E-state index is -4.61. The molecule has 0 heterocycles.